The lowest BCUT2D eigenvalue weighted by molar-refractivity contribution is -0.142. The molecule has 0 radical (unpaired) electrons. The third-order valence-corrected chi connectivity index (χ3v) is 6.35. The Kier molecular flexibility index (Phi) is 5.90. The molecule has 0 saturated carbocycles. The fraction of sp³-hybridized carbons (Fsp3) is 0.417. The second-order valence-electron chi connectivity index (χ2n) is 8.66. The van der Waals surface area contributed by atoms with Crippen LogP contribution in [0.1, 0.15) is 38.3 Å². The van der Waals surface area contributed by atoms with Gasteiger partial charge in [0.25, 0.3) is 5.91 Å². The fourth-order valence-corrected chi connectivity index (χ4v) is 4.50. The molecule has 0 aromatic heterocycles. The minimum absolute atomic E-state index is 0.0981. The van der Waals surface area contributed by atoms with E-state index in [1.54, 1.807) is 0 Å². The average Bonchev–Trinajstić information content (AvgIpc) is 3.13. The number of halogens is 2. The van der Waals surface area contributed by atoms with Crippen molar-refractivity contribution >= 4 is 11.6 Å². The highest BCUT2D eigenvalue weighted by Crippen LogP contribution is 2.40. The van der Waals surface area contributed by atoms with E-state index < -0.39 is 17.2 Å². The molecular weight excluding hydrogens is 398 g/mol. The minimum atomic E-state index is -0.791. The third kappa shape index (κ3) is 4.12. The molecule has 2 heterocycles. The molecule has 2 unspecified atom stereocenters. The van der Waals surface area contributed by atoms with Crippen LogP contribution in [0.3, 0.4) is 0 Å². The van der Waals surface area contributed by atoms with Crippen LogP contribution < -0.4 is 5.32 Å². The summed E-state index contributed by atoms with van der Waals surface area (Å²) in [7, 11) is 0. The van der Waals surface area contributed by atoms with E-state index in [-0.39, 0.29) is 17.5 Å². The van der Waals surface area contributed by atoms with E-state index in [2.05, 4.69) is 22.2 Å². The molecule has 2 aromatic rings. The Morgan fingerprint density at radius 1 is 1.23 bits per heavy atom. The Labute approximate surface area is 181 Å². The fourth-order valence-electron chi connectivity index (χ4n) is 4.50. The first kappa shape index (κ1) is 21.6. The lowest BCUT2D eigenvalue weighted by atomic mass is 9.85. The molecule has 1 N–H and O–H groups in total. The molecule has 1 fully saturated rings. The second-order valence-corrected chi connectivity index (χ2v) is 8.66. The van der Waals surface area contributed by atoms with E-state index in [9.17, 15) is 13.6 Å². The zero-order valence-corrected chi connectivity index (χ0v) is 18.1. The maximum absolute atomic E-state index is 14.5. The summed E-state index contributed by atoms with van der Waals surface area (Å²) in [4.78, 5) is 15.8. The zero-order valence-electron chi connectivity index (χ0n) is 18.1. The van der Waals surface area contributed by atoms with Crippen molar-refractivity contribution in [3.63, 3.8) is 0 Å². The van der Waals surface area contributed by atoms with E-state index in [1.807, 2.05) is 44.2 Å². The standard InChI is InChI=1S/C24H28F2N4O/c1-16-15-29(12-11-27-16)17(2)23(31)30-24(3,18-7-5-4-6-8-18)14-22(28-30)20-13-19(25)9-10-21(20)26/h4-10,13,16-17,27H,11-12,14-15H2,1-3H3/t16-,17?,24?/m1/s1. The van der Waals surface area contributed by atoms with Gasteiger partial charge >= 0.3 is 0 Å². The number of carbonyl (C=O) groups excluding carboxylic acids is 1. The summed E-state index contributed by atoms with van der Waals surface area (Å²) in [5.74, 6) is -1.23. The maximum atomic E-state index is 14.5. The number of nitrogens with zero attached hydrogens (tertiary/aromatic N) is 3. The third-order valence-electron chi connectivity index (χ3n) is 6.35. The number of amides is 1. The van der Waals surface area contributed by atoms with Crippen LogP contribution in [0.4, 0.5) is 8.78 Å². The first-order valence-electron chi connectivity index (χ1n) is 10.7. The first-order valence-corrected chi connectivity index (χ1v) is 10.7. The summed E-state index contributed by atoms with van der Waals surface area (Å²) in [5.41, 5.74) is 0.582. The van der Waals surface area contributed by atoms with Crippen LogP contribution in [0, 0.1) is 11.6 Å². The van der Waals surface area contributed by atoms with Crippen LogP contribution in [-0.4, -0.2) is 53.2 Å². The number of rotatable bonds is 4. The Bertz CT molecular complexity index is 996. The minimum Gasteiger partial charge on any atom is -0.312 e. The lowest BCUT2D eigenvalue weighted by Crippen LogP contribution is -2.57. The monoisotopic (exact) mass is 426 g/mol. The SMILES string of the molecule is CC(C(=O)N1N=C(c2cc(F)ccc2F)CC1(C)c1ccccc1)N1CCN[C@H](C)C1. The Hall–Kier alpha value is -2.64. The molecule has 3 atom stereocenters. The highest BCUT2D eigenvalue weighted by atomic mass is 19.1. The predicted octanol–water partition coefficient (Wildman–Crippen LogP) is 3.50. The number of hydrazone groups is 1. The van der Waals surface area contributed by atoms with Gasteiger partial charge in [-0.1, -0.05) is 30.3 Å². The van der Waals surface area contributed by atoms with Gasteiger partial charge in [-0.05, 0) is 44.5 Å². The molecule has 2 aromatic carbocycles. The van der Waals surface area contributed by atoms with Gasteiger partial charge in [0, 0.05) is 37.7 Å². The van der Waals surface area contributed by atoms with Gasteiger partial charge in [-0.2, -0.15) is 5.10 Å². The van der Waals surface area contributed by atoms with Gasteiger partial charge in [-0.15, -0.1) is 0 Å². The van der Waals surface area contributed by atoms with Gasteiger partial charge in [0.15, 0.2) is 0 Å². The van der Waals surface area contributed by atoms with Gasteiger partial charge in [0.1, 0.15) is 11.6 Å². The molecule has 0 spiro atoms. The van der Waals surface area contributed by atoms with Crippen LogP contribution in [0.15, 0.2) is 53.6 Å². The molecule has 4 rings (SSSR count). The Morgan fingerprint density at radius 3 is 2.68 bits per heavy atom. The van der Waals surface area contributed by atoms with Gasteiger partial charge in [0.2, 0.25) is 0 Å². The van der Waals surface area contributed by atoms with Crippen molar-refractivity contribution in [1.82, 2.24) is 15.2 Å². The number of hydrogen-bond donors (Lipinski definition) is 1. The number of benzene rings is 2. The molecule has 1 amide bonds. The average molecular weight is 427 g/mol. The molecule has 31 heavy (non-hydrogen) atoms. The van der Waals surface area contributed by atoms with Crippen LogP contribution in [0.2, 0.25) is 0 Å². The van der Waals surface area contributed by atoms with Gasteiger partial charge in [0.05, 0.1) is 17.3 Å². The molecular formula is C24H28F2N4O. The van der Waals surface area contributed by atoms with Crippen molar-refractivity contribution in [3.8, 4) is 0 Å². The van der Waals surface area contributed by atoms with Crippen LogP contribution in [0.5, 0.6) is 0 Å². The van der Waals surface area contributed by atoms with Crippen molar-refractivity contribution in [2.75, 3.05) is 19.6 Å². The van der Waals surface area contributed by atoms with Crippen molar-refractivity contribution < 1.29 is 13.6 Å². The maximum Gasteiger partial charge on any atom is 0.260 e. The van der Waals surface area contributed by atoms with Crippen LogP contribution in [0.25, 0.3) is 0 Å². The van der Waals surface area contributed by atoms with Crippen molar-refractivity contribution in [2.24, 2.45) is 5.10 Å². The number of hydrogen-bond acceptors (Lipinski definition) is 4. The number of nitrogens with one attached hydrogen (secondary N) is 1. The number of piperazine rings is 1. The molecule has 2 aliphatic heterocycles. The van der Waals surface area contributed by atoms with Gasteiger partial charge < -0.3 is 5.32 Å². The normalized spacial score (nSPS) is 25.4. The summed E-state index contributed by atoms with van der Waals surface area (Å²) in [6.07, 6.45) is 0.299. The molecule has 2 aliphatic rings. The summed E-state index contributed by atoms with van der Waals surface area (Å²) in [6, 6.07) is 12.9. The molecule has 1 saturated heterocycles. The van der Waals surface area contributed by atoms with Crippen molar-refractivity contribution in [3.05, 3.63) is 71.3 Å². The van der Waals surface area contributed by atoms with Crippen molar-refractivity contribution in [2.45, 2.75) is 44.8 Å². The quantitative estimate of drug-likeness (QED) is 0.814. The molecule has 0 aliphatic carbocycles. The molecule has 164 valence electrons. The van der Waals surface area contributed by atoms with Crippen LogP contribution in [-0.2, 0) is 10.3 Å². The smallest absolute Gasteiger partial charge is 0.260 e. The summed E-state index contributed by atoms with van der Waals surface area (Å²) >= 11 is 0. The Morgan fingerprint density at radius 2 is 1.97 bits per heavy atom. The zero-order chi connectivity index (χ0) is 22.2. The van der Waals surface area contributed by atoms with E-state index in [0.717, 1.165) is 43.4 Å². The van der Waals surface area contributed by atoms with E-state index in [1.165, 1.54) is 5.01 Å². The lowest BCUT2D eigenvalue weighted by Gasteiger charge is -2.39. The summed E-state index contributed by atoms with van der Waals surface area (Å²) in [5, 5.41) is 9.45. The van der Waals surface area contributed by atoms with Gasteiger partial charge in [-0.3, -0.25) is 9.69 Å². The van der Waals surface area contributed by atoms with Gasteiger partial charge in [-0.25, -0.2) is 13.8 Å². The summed E-state index contributed by atoms with van der Waals surface area (Å²) in [6.45, 7) is 8.26. The van der Waals surface area contributed by atoms with E-state index >= 15 is 0 Å². The highest BCUT2D eigenvalue weighted by Gasteiger charge is 2.46. The molecule has 0 bridgehead atoms. The van der Waals surface area contributed by atoms with Crippen LogP contribution >= 0.6 is 0 Å². The molecule has 5 nitrogen and oxygen atoms in total. The number of carbonyl (C=O) groups is 1. The Balaban J connectivity index is 1.72. The van der Waals surface area contributed by atoms with E-state index in [0.29, 0.717) is 18.2 Å². The largest absolute Gasteiger partial charge is 0.312 e. The molecule has 7 heteroatoms. The van der Waals surface area contributed by atoms with E-state index in [4.69, 9.17) is 0 Å². The predicted molar refractivity (Wildman–Crippen MR) is 117 cm³/mol. The first-order chi connectivity index (χ1) is 14.8. The highest BCUT2D eigenvalue weighted by molar-refractivity contribution is 6.04. The summed E-state index contributed by atoms with van der Waals surface area (Å²) < 4.78 is 28.4. The second kappa shape index (κ2) is 8.48. The topological polar surface area (TPSA) is 47.9 Å². The van der Waals surface area contributed by atoms with Crippen molar-refractivity contribution in [1.29, 1.82) is 0 Å².